The molecule has 4 aliphatic carbocycles. The zero-order valence-corrected chi connectivity index (χ0v) is 14.7. The lowest BCUT2D eigenvalue weighted by Crippen LogP contribution is -2.58. The number of rotatable bonds is 1. The molecule has 5 heteroatoms. The lowest BCUT2D eigenvalue weighted by Gasteiger charge is -2.55. The number of carbonyl (C=O) groups is 2. The van der Waals surface area contributed by atoms with Gasteiger partial charge in [0.05, 0.1) is 23.5 Å². The van der Waals surface area contributed by atoms with E-state index in [1.54, 1.807) is 0 Å². The largest absolute Gasteiger partial charge is 0.481 e. The van der Waals surface area contributed by atoms with Crippen LogP contribution in [0.15, 0.2) is 12.2 Å². The number of fused-ring (bicyclic) bond motifs is 1. The van der Waals surface area contributed by atoms with E-state index in [1.807, 2.05) is 6.92 Å². The fourth-order valence-corrected chi connectivity index (χ4v) is 8.17. The molecular weight excluding hydrogens is 320 g/mol. The van der Waals surface area contributed by atoms with E-state index in [1.165, 1.54) is 0 Å². The van der Waals surface area contributed by atoms with Crippen LogP contribution in [0.4, 0.5) is 0 Å². The number of carboxylic acid groups (broad SMARTS) is 1. The molecule has 5 nitrogen and oxygen atoms in total. The van der Waals surface area contributed by atoms with E-state index in [9.17, 15) is 19.8 Å². The van der Waals surface area contributed by atoms with E-state index in [4.69, 9.17) is 4.74 Å². The Labute approximate surface area is 147 Å². The maximum atomic E-state index is 12.7. The van der Waals surface area contributed by atoms with Gasteiger partial charge in [-0.2, -0.15) is 0 Å². The van der Waals surface area contributed by atoms with Crippen LogP contribution >= 0.6 is 0 Å². The van der Waals surface area contributed by atoms with Crippen LogP contribution in [-0.2, 0) is 14.3 Å². The van der Waals surface area contributed by atoms with Gasteiger partial charge in [-0.1, -0.05) is 13.0 Å². The van der Waals surface area contributed by atoms with Crippen LogP contribution in [0.3, 0.4) is 0 Å². The summed E-state index contributed by atoms with van der Waals surface area (Å²) in [5, 5.41) is 21.3. The van der Waals surface area contributed by atoms with Gasteiger partial charge in [-0.3, -0.25) is 9.59 Å². The molecule has 4 bridgehead atoms. The van der Waals surface area contributed by atoms with Gasteiger partial charge in [0, 0.05) is 5.41 Å². The molecular formula is C20H26O5. The van der Waals surface area contributed by atoms with Crippen LogP contribution in [0.1, 0.15) is 51.9 Å². The van der Waals surface area contributed by atoms with Gasteiger partial charge in [-0.05, 0) is 68.3 Å². The minimum Gasteiger partial charge on any atom is -0.481 e. The summed E-state index contributed by atoms with van der Waals surface area (Å²) in [4.78, 5) is 25.2. The normalized spacial score (nSPS) is 56.2. The average molecular weight is 346 g/mol. The Balaban J connectivity index is 1.76. The number of hydrogen-bond donors (Lipinski definition) is 2. The summed E-state index contributed by atoms with van der Waals surface area (Å²) >= 11 is 0. The van der Waals surface area contributed by atoms with Crippen molar-refractivity contribution >= 4 is 11.9 Å². The molecule has 1 unspecified atom stereocenters. The third kappa shape index (κ3) is 1.52. The van der Waals surface area contributed by atoms with E-state index in [-0.39, 0.29) is 23.2 Å². The Kier molecular flexibility index (Phi) is 2.73. The van der Waals surface area contributed by atoms with Crippen molar-refractivity contribution in [2.24, 2.45) is 34.0 Å². The highest BCUT2D eigenvalue weighted by Gasteiger charge is 2.79. The lowest BCUT2D eigenvalue weighted by molar-refractivity contribution is -0.200. The summed E-state index contributed by atoms with van der Waals surface area (Å²) < 4.78 is 5.67. The van der Waals surface area contributed by atoms with Crippen LogP contribution in [0.5, 0.6) is 0 Å². The van der Waals surface area contributed by atoms with E-state index in [0.717, 1.165) is 24.8 Å². The number of carbonyl (C=O) groups excluding carboxylic acids is 1. The Hall–Kier alpha value is -1.36. The first kappa shape index (κ1) is 15.9. The third-order valence-corrected chi connectivity index (χ3v) is 8.86. The van der Waals surface area contributed by atoms with Gasteiger partial charge >= 0.3 is 11.9 Å². The molecule has 136 valence electrons. The maximum Gasteiger partial charge on any atom is 0.312 e. The highest BCUT2D eigenvalue weighted by Crippen LogP contribution is 2.79. The highest BCUT2D eigenvalue weighted by molar-refractivity contribution is 5.82. The van der Waals surface area contributed by atoms with Crippen LogP contribution < -0.4 is 0 Å². The number of aliphatic hydroxyl groups is 1. The van der Waals surface area contributed by atoms with Crippen molar-refractivity contribution < 1.29 is 24.5 Å². The van der Waals surface area contributed by atoms with Crippen LogP contribution in [-0.4, -0.2) is 34.4 Å². The first-order valence-corrected chi connectivity index (χ1v) is 9.50. The van der Waals surface area contributed by atoms with Crippen molar-refractivity contribution in [1.29, 1.82) is 0 Å². The fraction of sp³-hybridized carbons (Fsp3) is 0.800. The Bertz CT molecular complexity index is 715. The SMILES string of the molecule is C=C1C[C@]23C[C@@]1(O)CC[C@H]2[C@@]12CCCC(C)(C(=O)OC1)[C@H]2[C@@H]3C(=O)O. The first-order valence-electron chi connectivity index (χ1n) is 9.50. The molecule has 0 aromatic heterocycles. The second-order valence-corrected chi connectivity index (χ2v) is 9.69. The molecule has 1 saturated heterocycles. The van der Waals surface area contributed by atoms with Gasteiger partial charge in [0.1, 0.15) is 0 Å². The Morgan fingerprint density at radius 3 is 2.76 bits per heavy atom. The van der Waals surface area contributed by atoms with E-state index < -0.39 is 28.3 Å². The number of hydrogen-bond acceptors (Lipinski definition) is 4. The van der Waals surface area contributed by atoms with E-state index in [0.29, 0.717) is 32.3 Å². The lowest BCUT2D eigenvalue weighted by atomic mass is 9.51. The molecule has 0 radical (unpaired) electrons. The summed E-state index contributed by atoms with van der Waals surface area (Å²) in [5.41, 5.74) is -1.55. The van der Waals surface area contributed by atoms with Crippen molar-refractivity contribution in [3.63, 3.8) is 0 Å². The molecule has 1 aliphatic heterocycles. The second kappa shape index (κ2) is 4.30. The molecule has 1 heterocycles. The van der Waals surface area contributed by atoms with Gasteiger partial charge in [0.25, 0.3) is 0 Å². The number of aliphatic carboxylic acids is 1. The van der Waals surface area contributed by atoms with Gasteiger partial charge in [-0.25, -0.2) is 0 Å². The number of carboxylic acids is 1. The van der Waals surface area contributed by atoms with Crippen molar-refractivity contribution in [2.75, 3.05) is 6.61 Å². The summed E-state index contributed by atoms with van der Waals surface area (Å²) in [6.45, 7) is 6.39. The molecule has 2 N–H and O–H groups in total. The highest BCUT2D eigenvalue weighted by atomic mass is 16.5. The van der Waals surface area contributed by atoms with Crippen LogP contribution in [0.2, 0.25) is 0 Å². The van der Waals surface area contributed by atoms with Crippen LogP contribution in [0.25, 0.3) is 0 Å². The monoisotopic (exact) mass is 346 g/mol. The predicted molar refractivity (Wildman–Crippen MR) is 88.4 cm³/mol. The topological polar surface area (TPSA) is 83.8 Å². The minimum atomic E-state index is -0.922. The molecule has 0 aromatic rings. The molecule has 5 fully saturated rings. The molecule has 5 rings (SSSR count). The zero-order valence-electron chi connectivity index (χ0n) is 14.7. The molecule has 0 amide bonds. The van der Waals surface area contributed by atoms with Gasteiger partial charge < -0.3 is 14.9 Å². The Morgan fingerprint density at radius 2 is 2.04 bits per heavy atom. The minimum absolute atomic E-state index is 0.189. The van der Waals surface area contributed by atoms with E-state index >= 15 is 0 Å². The summed E-state index contributed by atoms with van der Waals surface area (Å²) in [7, 11) is 0. The van der Waals surface area contributed by atoms with Crippen molar-refractivity contribution in [2.45, 2.75) is 57.5 Å². The smallest absolute Gasteiger partial charge is 0.312 e. The van der Waals surface area contributed by atoms with Crippen LogP contribution in [0, 0.1) is 34.0 Å². The second-order valence-electron chi connectivity index (χ2n) is 9.69. The number of esters is 1. The van der Waals surface area contributed by atoms with E-state index in [2.05, 4.69) is 6.58 Å². The molecule has 0 aromatic carbocycles. The number of cyclic esters (lactones) is 1. The average Bonchev–Trinajstić information content (AvgIpc) is 2.90. The zero-order chi connectivity index (χ0) is 17.8. The van der Waals surface area contributed by atoms with Crippen molar-refractivity contribution in [3.8, 4) is 0 Å². The molecule has 5 aliphatic rings. The first-order chi connectivity index (χ1) is 11.7. The molecule has 4 saturated carbocycles. The summed E-state index contributed by atoms with van der Waals surface area (Å²) in [5.74, 6) is -1.62. The summed E-state index contributed by atoms with van der Waals surface area (Å²) in [6.07, 6.45) is 5.12. The van der Waals surface area contributed by atoms with Gasteiger partial charge in [0.15, 0.2) is 0 Å². The Morgan fingerprint density at radius 1 is 1.28 bits per heavy atom. The van der Waals surface area contributed by atoms with Gasteiger partial charge in [-0.15, -0.1) is 0 Å². The molecule has 1 spiro atoms. The predicted octanol–water partition coefficient (Wildman–Crippen LogP) is 2.53. The maximum absolute atomic E-state index is 12.7. The molecule has 7 atom stereocenters. The van der Waals surface area contributed by atoms with Gasteiger partial charge in [0.2, 0.25) is 0 Å². The quantitative estimate of drug-likeness (QED) is 0.563. The standard InChI is InChI=1S/C20H26O5/c1-11-8-19-9-20(11,24)7-4-12(19)18-6-3-5-17(2,16(23)25-10-18)14(18)13(19)15(21)22/h12-14,24H,1,3-10H2,2H3,(H,21,22)/t12-,13+,14+,17?,18+,19-,20-/m0/s1. The van der Waals surface area contributed by atoms with Crippen molar-refractivity contribution in [1.82, 2.24) is 0 Å². The van der Waals surface area contributed by atoms with Crippen molar-refractivity contribution in [3.05, 3.63) is 12.2 Å². The third-order valence-electron chi connectivity index (χ3n) is 8.86. The number of ether oxygens (including phenoxy) is 1. The fourth-order valence-electron chi connectivity index (χ4n) is 8.17. The summed E-state index contributed by atoms with van der Waals surface area (Å²) in [6, 6.07) is 0. The molecule has 25 heavy (non-hydrogen) atoms.